The maximum atomic E-state index is 14.4. The Bertz CT molecular complexity index is 3730. The van der Waals surface area contributed by atoms with Crippen LogP contribution in [0.1, 0.15) is 150 Å². The topological polar surface area (TPSA) is 327 Å². The van der Waals surface area contributed by atoms with Gasteiger partial charge in [-0.25, -0.2) is 29.1 Å². The van der Waals surface area contributed by atoms with Crippen LogP contribution in [0.25, 0.3) is 44.1 Å². The van der Waals surface area contributed by atoms with Gasteiger partial charge in [0.25, 0.3) is 0 Å². The second kappa shape index (κ2) is 33.6. The summed E-state index contributed by atoms with van der Waals surface area (Å²) in [6.45, 7) is 17.0. The van der Waals surface area contributed by atoms with Gasteiger partial charge in [-0.05, 0) is 152 Å². The van der Waals surface area contributed by atoms with Crippen molar-refractivity contribution in [3.05, 3.63) is 105 Å². The molecule has 0 unspecified atom stereocenters. The zero-order valence-electron chi connectivity index (χ0n) is 56.8. The van der Waals surface area contributed by atoms with Gasteiger partial charge in [0.2, 0.25) is 23.6 Å². The third kappa shape index (κ3) is 18.2. The number of ether oxygens (including phenoxy) is 5. The Morgan fingerprint density at radius 1 is 0.583 bits per heavy atom. The van der Waals surface area contributed by atoms with Crippen LogP contribution in [0.15, 0.2) is 83.6 Å². The second-order valence-electron chi connectivity index (χ2n) is 26.1. The standard InChI is InChI=1S/C35H44N4O7S.C34H42N4O7S.Li.2H2O/c1-21(38(5)34(43)46-35(2,3)4)30(40)37-29(22-15-18-45-19-16-22)32(41)39-17-9-12-28(39)31-36-27(20-47-31)25-13-14-26(33(42)44-6)24-11-8-7-10-23(24)25;1-20(37(5)33(43)45-34(2,3)4)29(39)36-28(21-14-17-44-18-15-21)31(40)38-16-8-11-27(38)30-35-26(19-46-30)24-12-13-25(32(41)42)23-10-7-6-9-22(23)24;;;/h7-8,10-11,13-14,20-22,28-29H,9,12,15-19H2,1-6H3,(H,37,40);6-7,9-10,12-13,19-21,27-28H,8,11,14-18H2,1-5H3,(H,36,39)(H,41,42);;2*1H2/q;;+1;;/p-1/t21-,28-,29-;20-,27-,28-;;;/m00.../s1. The zero-order valence-corrected chi connectivity index (χ0v) is 58.4. The number of benzene rings is 4. The number of carbonyl (C=O) groups is 8. The molecule has 4 fully saturated rings. The van der Waals surface area contributed by atoms with E-state index in [9.17, 15) is 43.5 Å². The minimum Gasteiger partial charge on any atom is -0.870 e. The molecule has 24 nitrogen and oxygen atoms in total. The Labute approximate surface area is 579 Å². The number of nitrogens with zero attached hydrogens (tertiary/aromatic N) is 6. The van der Waals surface area contributed by atoms with Crippen molar-refractivity contribution in [1.82, 2.24) is 40.2 Å². The average Bonchev–Trinajstić information content (AvgIpc) is 1.41. The van der Waals surface area contributed by atoms with Crippen LogP contribution in [0.2, 0.25) is 0 Å². The smallest absolute Gasteiger partial charge is 0.870 e. The summed E-state index contributed by atoms with van der Waals surface area (Å²) >= 11 is 2.97. The molecule has 514 valence electrons. The third-order valence-corrected chi connectivity index (χ3v) is 19.5. The summed E-state index contributed by atoms with van der Waals surface area (Å²) < 4.78 is 27.0. The number of fused-ring (bicyclic) bond motifs is 2. The van der Waals surface area contributed by atoms with Gasteiger partial charge in [0.15, 0.2) is 0 Å². The van der Waals surface area contributed by atoms with Crippen LogP contribution in [-0.4, -0.2) is 189 Å². The fourth-order valence-corrected chi connectivity index (χ4v) is 14.3. The van der Waals surface area contributed by atoms with Crippen LogP contribution >= 0.6 is 22.7 Å². The number of nitrogens with one attached hydrogen (secondary N) is 2. The van der Waals surface area contributed by atoms with E-state index in [0.29, 0.717) is 76.2 Å². The van der Waals surface area contributed by atoms with Crippen molar-refractivity contribution in [3.63, 3.8) is 0 Å². The summed E-state index contributed by atoms with van der Waals surface area (Å²) in [5.74, 6) is -2.77. The predicted octanol–water partition coefficient (Wildman–Crippen LogP) is 7.07. The van der Waals surface area contributed by atoms with Crippen LogP contribution in [0.3, 0.4) is 0 Å². The number of rotatable bonds is 16. The summed E-state index contributed by atoms with van der Waals surface area (Å²) in [6.07, 6.45) is 4.43. The number of hydrogen-bond acceptors (Lipinski definition) is 18. The van der Waals surface area contributed by atoms with E-state index < -0.39 is 71.3 Å². The van der Waals surface area contributed by atoms with Gasteiger partial charge in [0.05, 0.1) is 41.7 Å². The molecule has 0 saturated carbocycles. The van der Waals surface area contributed by atoms with E-state index in [4.69, 9.17) is 33.7 Å². The quantitative estimate of drug-likeness (QED) is 0.0495. The Balaban J connectivity index is 0.000000294. The molecule has 4 aliphatic rings. The van der Waals surface area contributed by atoms with Crippen LogP contribution in [0.5, 0.6) is 0 Å². The van der Waals surface area contributed by atoms with E-state index in [1.165, 1.54) is 53.7 Å². The van der Waals surface area contributed by atoms with Crippen molar-refractivity contribution in [2.45, 2.75) is 154 Å². The van der Waals surface area contributed by atoms with E-state index in [1.807, 2.05) is 69.1 Å². The summed E-state index contributed by atoms with van der Waals surface area (Å²) in [5, 5.41) is 24.4. The molecule has 27 heteroatoms. The van der Waals surface area contributed by atoms with Crippen molar-refractivity contribution in [1.29, 1.82) is 0 Å². The maximum Gasteiger partial charge on any atom is 1.00 e. The fourth-order valence-electron chi connectivity index (χ4n) is 12.3. The minimum absolute atomic E-state index is 0. The number of aromatic carboxylic acids is 1. The number of methoxy groups -OCH3 is 1. The van der Waals surface area contributed by atoms with E-state index >= 15 is 0 Å². The van der Waals surface area contributed by atoms with Crippen molar-refractivity contribution >= 4 is 92.0 Å². The van der Waals surface area contributed by atoms with Crippen molar-refractivity contribution in [3.8, 4) is 22.5 Å². The fraction of sp³-hybridized carbons (Fsp3) is 0.507. The number of carboxylic acids is 1. The monoisotopic (exact) mass is 1360 g/mol. The third-order valence-electron chi connectivity index (χ3n) is 17.6. The molecule has 0 aliphatic carbocycles. The Morgan fingerprint density at radius 3 is 1.31 bits per heavy atom. The largest absolute Gasteiger partial charge is 1.00 e. The first kappa shape index (κ1) is 77.5. The molecule has 0 bridgehead atoms. The minimum atomic E-state index is -0.987. The Hall–Kier alpha value is -7.54. The molecule has 6 atom stereocenters. The predicted molar refractivity (Wildman–Crippen MR) is 359 cm³/mol. The average molecular weight is 1360 g/mol. The molecule has 6 amide bonds. The summed E-state index contributed by atoms with van der Waals surface area (Å²) in [5.41, 5.74) is 2.51. The number of esters is 1. The number of aromatic nitrogens is 2. The van der Waals surface area contributed by atoms with Gasteiger partial charge >= 0.3 is 43.0 Å². The first-order chi connectivity index (χ1) is 44.2. The summed E-state index contributed by atoms with van der Waals surface area (Å²) in [7, 11) is 4.40. The van der Waals surface area contributed by atoms with E-state index in [1.54, 1.807) is 79.7 Å². The number of amides is 6. The van der Waals surface area contributed by atoms with Crippen molar-refractivity contribution in [2.24, 2.45) is 11.8 Å². The molecule has 96 heavy (non-hydrogen) atoms. The molecule has 6 aromatic rings. The van der Waals surface area contributed by atoms with Gasteiger partial charge in [-0.15, -0.1) is 22.7 Å². The van der Waals surface area contributed by atoms with E-state index in [0.717, 1.165) is 74.4 Å². The number of likely N-dealkylation sites (tertiary alicyclic amines) is 2. The van der Waals surface area contributed by atoms with Gasteiger partial charge in [-0.1, -0.05) is 60.7 Å². The van der Waals surface area contributed by atoms with Gasteiger partial charge in [-0.3, -0.25) is 29.0 Å². The second-order valence-corrected chi connectivity index (χ2v) is 27.9. The molecule has 6 heterocycles. The Morgan fingerprint density at radius 2 is 0.948 bits per heavy atom. The van der Waals surface area contributed by atoms with Crippen LogP contribution in [0.4, 0.5) is 9.59 Å². The van der Waals surface area contributed by atoms with E-state index in [-0.39, 0.29) is 71.1 Å². The maximum absolute atomic E-state index is 14.4. The van der Waals surface area contributed by atoms with Crippen molar-refractivity contribution in [2.75, 3.05) is 60.7 Å². The molecule has 2 aromatic heterocycles. The molecular weight excluding hydrogens is 1270 g/mol. The normalized spacial score (nSPS) is 17.9. The van der Waals surface area contributed by atoms with Crippen LogP contribution in [-0.2, 0) is 42.9 Å². The molecule has 0 radical (unpaired) electrons. The molecule has 10 rings (SSSR count). The zero-order chi connectivity index (χ0) is 67.1. The number of hydrogen-bond donors (Lipinski definition) is 3. The van der Waals surface area contributed by atoms with E-state index in [2.05, 4.69) is 10.6 Å². The molecule has 4 saturated heterocycles. The number of thiazole rings is 2. The summed E-state index contributed by atoms with van der Waals surface area (Å²) in [6, 6.07) is 18.3. The first-order valence-electron chi connectivity index (χ1n) is 31.8. The van der Waals surface area contributed by atoms with Crippen LogP contribution < -0.4 is 29.5 Å². The Kier molecular flexibility index (Phi) is 27.1. The van der Waals surface area contributed by atoms with Gasteiger partial charge in [0, 0.05) is 75.5 Å². The van der Waals surface area contributed by atoms with Gasteiger partial charge < -0.3 is 60.2 Å². The number of carboxylic acid groups (broad SMARTS) is 1. The molecule has 0 spiro atoms. The molecular formula is C69H89LiN8O16S2. The SMILES string of the molecule is COC(=O)c1ccc(-c2csc([C@@H]3CCCN3C(=O)[C@@H](NC(=O)[C@H](C)N(C)C(=O)OC(C)(C)C)C3CCOCC3)n2)c2ccccc12.C[C@@H](C(=O)N[C@H](C(=O)N1CCC[C@H]1c1nc(-c2ccc(C(=O)O)c3ccccc23)cs1)C1CCOCC1)N(C)C(=O)OC(C)(C)C.O.[Li+].[OH-]. The number of likely N-dealkylation sites (N-methyl/N-ethyl adjacent to an activating group) is 2. The summed E-state index contributed by atoms with van der Waals surface area (Å²) in [4.78, 5) is 121. The molecule has 4 aromatic carbocycles. The first-order valence-corrected chi connectivity index (χ1v) is 33.6. The van der Waals surface area contributed by atoms with Crippen molar-refractivity contribution < 1.29 is 97.0 Å². The molecule has 4 aliphatic heterocycles. The van der Waals surface area contributed by atoms with Gasteiger partial charge in [-0.2, -0.15) is 0 Å². The molecule has 6 N–H and O–H groups in total. The van der Waals surface area contributed by atoms with Gasteiger partial charge in [0.1, 0.15) is 45.4 Å². The number of carbonyl (C=O) groups excluding carboxylic acids is 7. The van der Waals surface area contributed by atoms with Crippen LogP contribution in [0, 0.1) is 11.8 Å².